The van der Waals surface area contributed by atoms with Crippen molar-refractivity contribution in [2.45, 2.75) is 50.4 Å². The second kappa shape index (κ2) is 14.4. The Morgan fingerprint density at radius 1 is 0.925 bits per heavy atom. The van der Waals surface area contributed by atoms with Gasteiger partial charge in [0.05, 0.1) is 6.04 Å². The van der Waals surface area contributed by atoms with Gasteiger partial charge in [0.1, 0.15) is 23.9 Å². The summed E-state index contributed by atoms with van der Waals surface area (Å²) in [4.78, 5) is 54.1. The maximum Gasteiger partial charge on any atom is 0.325 e. The second-order valence-corrected chi connectivity index (χ2v) is 10.5. The van der Waals surface area contributed by atoms with Crippen molar-refractivity contribution in [1.82, 2.24) is 20.9 Å². The standard InChI is InChI=1S/C28H35N5O6S/c1-16(28(38)39)31-26(36)23(13-17-7-9-19(34)10-8-17)33-27(37)24(32-25(35)21(29)11-12-40-2)14-18-15-30-22-6-4-3-5-20(18)22/h3-10,15-16,21,23-24,30,34H,11-14,29H2,1-2H3,(H,31,36)(H,32,35)(H,33,37)(H,38,39). The number of amides is 3. The monoisotopic (exact) mass is 569 g/mol. The molecule has 0 spiro atoms. The van der Waals surface area contributed by atoms with Crippen LogP contribution in [0.25, 0.3) is 10.9 Å². The van der Waals surface area contributed by atoms with Crippen LogP contribution < -0.4 is 21.7 Å². The summed E-state index contributed by atoms with van der Waals surface area (Å²) in [6.07, 6.45) is 4.23. The molecule has 0 saturated heterocycles. The van der Waals surface area contributed by atoms with Gasteiger partial charge in [-0.3, -0.25) is 19.2 Å². The molecule has 4 atom stereocenters. The second-order valence-electron chi connectivity index (χ2n) is 9.51. The Bertz CT molecular complexity index is 1330. The molecule has 4 unspecified atom stereocenters. The Labute approximate surface area is 236 Å². The number of H-pyrrole nitrogens is 1. The van der Waals surface area contributed by atoms with Crippen LogP contribution in [0.15, 0.2) is 54.7 Å². The minimum Gasteiger partial charge on any atom is -0.508 e. The molecule has 12 heteroatoms. The molecule has 0 aliphatic rings. The fourth-order valence-corrected chi connectivity index (χ4v) is 4.60. The number of nitrogens with two attached hydrogens (primary N) is 1. The number of rotatable bonds is 14. The fourth-order valence-electron chi connectivity index (χ4n) is 4.11. The van der Waals surface area contributed by atoms with Gasteiger partial charge in [-0.1, -0.05) is 30.3 Å². The van der Waals surface area contributed by atoms with E-state index in [-0.39, 0.29) is 18.6 Å². The summed E-state index contributed by atoms with van der Waals surface area (Å²) < 4.78 is 0. The van der Waals surface area contributed by atoms with E-state index in [9.17, 15) is 29.4 Å². The molecule has 40 heavy (non-hydrogen) atoms. The lowest BCUT2D eigenvalue weighted by Gasteiger charge is -2.25. The molecule has 0 radical (unpaired) electrons. The molecule has 0 fully saturated rings. The van der Waals surface area contributed by atoms with Gasteiger partial charge in [0.15, 0.2) is 0 Å². The maximum absolute atomic E-state index is 13.6. The first kappa shape index (κ1) is 30.5. The number of nitrogens with one attached hydrogen (secondary N) is 4. The number of carboxylic acid groups (broad SMARTS) is 1. The summed E-state index contributed by atoms with van der Waals surface area (Å²) in [6.45, 7) is 1.32. The molecule has 214 valence electrons. The van der Waals surface area contributed by atoms with Gasteiger partial charge in [0, 0.05) is 29.9 Å². The van der Waals surface area contributed by atoms with E-state index in [2.05, 4.69) is 20.9 Å². The minimum absolute atomic E-state index is 0.0190. The molecule has 0 saturated carbocycles. The number of aromatic hydroxyl groups is 1. The van der Waals surface area contributed by atoms with Crippen molar-refractivity contribution >= 4 is 46.4 Å². The fraction of sp³-hybridized carbons (Fsp3) is 0.357. The van der Waals surface area contributed by atoms with Gasteiger partial charge >= 0.3 is 5.97 Å². The molecule has 1 aromatic heterocycles. The van der Waals surface area contributed by atoms with E-state index >= 15 is 0 Å². The number of aromatic nitrogens is 1. The van der Waals surface area contributed by atoms with E-state index in [1.807, 2.05) is 30.5 Å². The topological polar surface area (TPSA) is 187 Å². The van der Waals surface area contributed by atoms with Crippen LogP contribution >= 0.6 is 11.8 Å². The van der Waals surface area contributed by atoms with Crippen LogP contribution in [0.4, 0.5) is 0 Å². The molecule has 0 bridgehead atoms. The number of benzene rings is 2. The maximum atomic E-state index is 13.6. The summed E-state index contributed by atoms with van der Waals surface area (Å²) in [5.74, 6) is -2.35. The zero-order valence-electron chi connectivity index (χ0n) is 22.3. The third-order valence-electron chi connectivity index (χ3n) is 6.44. The number of hydrogen-bond donors (Lipinski definition) is 7. The highest BCUT2D eigenvalue weighted by atomic mass is 32.2. The van der Waals surface area contributed by atoms with Crippen LogP contribution in [0, 0.1) is 0 Å². The summed E-state index contributed by atoms with van der Waals surface area (Å²) >= 11 is 1.55. The van der Waals surface area contributed by atoms with Gasteiger partial charge in [-0.25, -0.2) is 0 Å². The molecule has 3 amide bonds. The first-order valence-corrected chi connectivity index (χ1v) is 14.2. The van der Waals surface area contributed by atoms with E-state index in [1.54, 1.807) is 30.1 Å². The third kappa shape index (κ3) is 8.48. The highest BCUT2D eigenvalue weighted by Gasteiger charge is 2.30. The van der Waals surface area contributed by atoms with Crippen LogP contribution in [0.1, 0.15) is 24.5 Å². The largest absolute Gasteiger partial charge is 0.508 e. The van der Waals surface area contributed by atoms with E-state index < -0.39 is 47.9 Å². The molecule has 1 heterocycles. The number of phenolic OH excluding ortho intramolecular Hbond substituents is 1. The number of aromatic amines is 1. The Hall–Kier alpha value is -4.03. The van der Waals surface area contributed by atoms with E-state index in [0.717, 1.165) is 16.5 Å². The minimum atomic E-state index is -1.23. The average molecular weight is 570 g/mol. The van der Waals surface area contributed by atoms with Crippen molar-refractivity contribution in [3.63, 3.8) is 0 Å². The highest BCUT2D eigenvalue weighted by molar-refractivity contribution is 7.98. The number of aliphatic carboxylic acids is 1. The summed E-state index contributed by atoms with van der Waals surface area (Å²) in [5, 5.41) is 27.6. The molecule has 8 N–H and O–H groups in total. The molecule has 2 aromatic carbocycles. The Balaban J connectivity index is 1.87. The van der Waals surface area contributed by atoms with Gasteiger partial charge in [-0.05, 0) is 54.7 Å². The van der Waals surface area contributed by atoms with Crippen LogP contribution in [0.5, 0.6) is 5.75 Å². The van der Waals surface area contributed by atoms with Crippen LogP contribution in [-0.4, -0.2) is 75.1 Å². The van der Waals surface area contributed by atoms with Crippen molar-refractivity contribution in [1.29, 1.82) is 0 Å². The molecular formula is C28H35N5O6S. The number of phenols is 1. The van der Waals surface area contributed by atoms with Crippen molar-refractivity contribution in [2.24, 2.45) is 5.73 Å². The number of para-hydroxylation sites is 1. The number of hydrogen-bond acceptors (Lipinski definition) is 7. The molecule has 0 aliphatic carbocycles. The predicted molar refractivity (Wildman–Crippen MR) is 154 cm³/mol. The number of fused-ring (bicyclic) bond motifs is 1. The molecule has 3 rings (SSSR count). The van der Waals surface area contributed by atoms with Crippen molar-refractivity contribution in [2.75, 3.05) is 12.0 Å². The predicted octanol–water partition coefficient (Wildman–Crippen LogP) is 1.30. The number of carboxylic acids is 1. The van der Waals surface area contributed by atoms with Crippen molar-refractivity contribution in [3.8, 4) is 5.75 Å². The van der Waals surface area contributed by atoms with Gasteiger partial charge in [-0.2, -0.15) is 11.8 Å². The number of carbonyl (C=O) groups is 4. The van der Waals surface area contributed by atoms with Gasteiger partial charge < -0.3 is 36.9 Å². The van der Waals surface area contributed by atoms with Crippen LogP contribution in [0.3, 0.4) is 0 Å². The Morgan fingerprint density at radius 2 is 1.55 bits per heavy atom. The molecular weight excluding hydrogens is 534 g/mol. The summed E-state index contributed by atoms with van der Waals surface area (Å²) in [5.41, 5.74) is 8.33. The highest BCUT2D eigenvalue weighted by Crippen LogP contribution is 2.19. The molecule has 0 aliphatic heterocycles. The van der Waals surface area contributed by atoms with Crippen LogP contribution in [0.2, 0.25) is 0 Å². The smallest absolute Gasteiger partial charge is 0.325 e. The van der Waals surface area contributed by atoms with E-state index in [1.165, 1.54) is 19.1 Å². The average Bonchev–Trinajstić information content (AvgIpc) is 3.34. The van der Waals surface area contributed by atoms with Crippen LogP contribution in [-0.2, 0) is 32.0 Å². The zero-order chi connectivity index (χ0) is 29.2. The SMILES string of the molecule is CSCCC(N)C(=O)NC(Cc1c[nH]c2ccccc12)C(=O)NC(Cc1ccc(O)cc1)C(=O)NC(C)C(=O)O. The lowest BCUT2D eigenvalue weighted by Crippen LogP contribution is -2.58. The lowest BCUT2D eigenvalue weighted by molar-refractivity contribution is -0.141. The van der Waals surface area contributed by atoms with E-state index in [0.29, 0.717) is 17.7 Å². The summed E-state index contributed by atoms with van der Waals surface area (Å²) in [7, 11) is 0. The number of thioether (sulfide) groups is 1. The normalized spacial score (nSPS) is 14.1. The van der Waals surface area contributed by atoms with E-state index in [4.69, 9.17) is 5.73 Å². The van der Waals surface area contributed by atoms with Crippen molar-refractivity contribution < 1.29 is 29.4 Å². The molecule has 3 aromatic rings. The number of carbonyl (C=O) groups excluding carboxylic acids is 3. The lowest BCUT2D eigenvalue weighted by atomic mass is 10.0. The van der Waals surface area contributed by atoms with Crippen molar-refractivity contribution in [3.05, 3.63) is 65.9 Å². The van der Waals surface area contributed by atoms with Gasteiger partial charge in [0.25, 0.3) is 0 Å². The third-order valence-corrected chi connectivity index (χ3v) is 7.08. The quantitative estimate of drug-likeness (QED) is 0.151. The Kier molecular flexibility index (Phi) is 11.0. The summed E-state index contributed by atoms with van der Waals surface area (Å²) in [6, 6.07) is 9.38. The van der Waals surface area contributed by atoms with Gasteiger partial charge in [-0.15, -0.1) is 0 Å². The molecule has 11 nitrogen and oxygen atoms in total. The first-order valence-electron chi connectivity index (χ1n) is 12.8. The Morgan fingerprint density at radius 3 is 2.23 bits per heavy atom. The van der Waals surface area contributed by atoms with Gasteiger partial charge in [0.2, 0.25) is 17.7 Å². The first-order chi connectivity index (χ1) is 19.1. The zero-order valence-corrected chi connectivity index (χ0v) is 23.2.